The van der Waals surface area contributed by atoms with Gasteiger partial charge in [0.05, 0.1) is 0 Å². The van der Waals surface area contributed by atoms with Crippen molar-refractivity contribution in [3.05, 3.63) is 36.9 Å². The first-order valence-electron chi connectivity index (χ1n) is 2.95. The molecule has 1 radical (unpaired) electrons. The zero-order valence-electron chi connectivity index (χ0n) is 6.25. The summed E-state index contributed by atoms with van der Waals surface area (Å²) < 4.78 is 0. The first-order chi connectivity index (χ1) is 4.50. The van der Waals surface area contributed by atoms with Crippen LogP contribution in [0.3, 0.4) is 0 Å². The third-order valence-electron chi connectivity index (χ3n) is 0.718. The summed E-state index contributed by atoms with van der Waals surface area (Å²) in [5, 5.41) is 0. The van der Waals surface area contributed by atoms with Crippen LogP contribution in [0, 0.1) is 6.92 Å². The second kappa shape index (κ2) is 12.0. The summed E-state index contributed by atoms with van der Waals surface area (Å²) >= 11 is 0. The Morgan fingerprint density at radius 2 is 2.00 bits per heavy atom. The molecule has 0 aromatic carbocycles. The first-order valence-corrected chi connectivity index (χ1v) is 2.95. The van der Waals surface area contributed by atoms with Gasteiger partial charge in [0.2, 0.25) is 0 Å². The van der Waals surface area contributed by atoms with E-state index < -0.39 is 0 Å². The minimum Gasteiger partial charge on any atom is -0.346 e. The monoisotopic (exact) mass is 206 g/mol. The molecule has 49 valence electrons. The molecule has 2 heteroatoms. The number of allylic oxidation sites excluding steroid dienone is 3. The predicted octanol–water partition coefficient (Wildman–Crippen LogP) is 1.57. The van der Waals surface area contributed by atoms with E-state index in [0.717, 1.165) is 0 Å². The van der Waals surface area contributed by atoms with Crippen molar-refractivity contribution >= 4 is 12.9 Å². The van der Waals surface area contributed by atoms with Crippen LogP contribution in [0.1, 0.15) is 6.92 Å². The maximum Gasteiger partial charge on any atom is 0 e. The second-order valence-corrected chi connectivity index (χ2v) is 1.27. The Bertz CT molecular complexity index is 146. The Labute approximate surface area is 88.9 Å². The van der Waals surface area contributed by atoms with Gasteiger partial charge in [-0.1, -0.05) is 0 Å². The van der Waals surface area contributed by atoms with Crippen LogP contribution in [0.15, 0.2) is 29.9 Å². The van der Waals surface area contributed by atoms with Gasteiger partial charge < -0.3 is 6.92 Å². The molecule has 0 nitrogen and oxygen atoms in total. The van der Waals surface area contributed by atoms with Crippen LogP contribution < -0.4 is 0 Å². The van der Waals surface area contributed by atoms with Gasteiger partial charge in [-0.15, -0.1) is 0 Å². The molecular weight excluding hydrogens is 196 g/mol. The molecule has 0 saturated heterocycles. The molecular formula is C8H10BY-. The molecule has 0 saturated carbocycles. The third-order valence-corrected chi connectivity index (χ3v) is 0.718. The van der Waals surface area contributed by atoms with Gasteiger partial charge in [-0.25, -0.2) is 0 Å². The van der Waals surface area contributed by atoms with E-state index in [1.807, 2.05) is 37.1 Å². The van der Waals surface area contributed by atoms with Crippen LogP contribution in [-0.4, -0.2) is 12.9 Å². The van der Waals surface area contributed by atoms with E-state index in [1.54, 1.807) is 6.92 Å². The molecule has 1 aliphatic heterocycles. The van der Waals surface area contributed by atoms with Crippen LogP contribution in [0.5, 0.6) is 0 Å². The third kappa shape index (κ3) is 8.30. The van der Waals surface area contributed by atoms with E-state index in [4.69, 9.17) is 0 Å². The van der Waals surface area contributed by atoms with Crippen molar-refractivity contribution in [1.82, 2.24) is 0 Å². The van der Waals surface area contributed by atoms with Crippen molar-refractivity contribution in [3.8, 4) is 0 Å². The summed E-state index contributed by atoms with van der Waals surface area (Å²) in [4.78, 5) is 0. The number of hydrogen-bond donors (Lipinski definition) is 0. The zero-order valence-corrected chi connectivity index (χ0v) is 9.09. The standard InChI is InChI=1S/C6H5B.C2H5.Y/c1-2-4-6-7-5-3-1;1-2;/h1-3,5-6H;1H2,2H3;/q;-1;. The molecule has 0 aromatic heterocycles. The molecule has 0 aromatic rings. The molecule has 0 atom stereocenters. The van der Waals surface area contributed by atoms with Crippen LogP contribution in [0.2, 0.25) is 0 Å². The Kier molecular flexibility index (Phi) is 15.5. The molecule has 0 N–H and O–H groups in total. The largest absolute Gasteiger partial charge is 0.346 e. The smallest absolute Gasteiger partial charge is 0 e. The van der Waals surface area contributed by atoms with E-state index in [0.29, 0.717) is 0 Å². The molecule has 0 unspecified atom stereocenters. The van der Waals surface area contributed by atoms with Gasteiger partial charge in [-0.05, 0) is 0 Å². The minimum absolute atomic E-state index is 0. The summed E-state index contributed by atoms with van der Waals surface area (Å²) in [5.41, 5.74) is 2.92. The van der Waals surface area contributed by atoms with E-state index in [-0.39, 0.29) is 32.7 Å². The molecule has 1 aliphatic rings. The SMILES string of the molecule is B1=CC=CC=C=C1.[CH2-]C.[Y]. The molecule has 0 spiro atoms. The summed E-state index contributed by atoms with van der Waals surface area (Å²) in [7, 11) is 0. The minimum atomic E-state index is 0. The van der Waals surface area contributed by atoms with Crippen molar-refractivity contribution in [2.45, 2.75) is 6.92 Å². The second-order valence-electron chi connectivity index (χ2n) is 1.27. The fraction of sp³-hybridized carbons (Fsp3) is 0.125. The zero-order chi connectivity index (χ0) is 6.95. The Balaban J connectivity index is 0. The fourth-order valence-electron chi connectivity index (χ4n) is 0.406. The molecule has 1 heterocycles. The summed E-state index contributed by atoms with van der Waals surface area (Å²) in [5.74, 6) is 3.84. The number of rotatable bonds is 0. The van der Waals surface area contributed by atoms with Gasteiger partial charge in [0, 0.05) is 32.7 Å². The van der Waals surface area contributed by atoms with Gasteiger partial charge >= 0.3 is 42.8 Å². The van der Waals surface area contributed by atoms with E-state index in [9.17, 15) is 0 Å². The first kappa shape index (κ1) is 12.9. The van der Waals surface area contributed by atoms with Crippen molar-refractivity contribution in [2.75, 3.05) is 0 Å². The van der Waals surface area contributed by atoms with Crippen molar-refractivity contribution in [1.29, 1.82) is 0 Å². The van der Waals surface area contributed by atoms with E-state index in [2.05, 4.69) is 12.7 Å². The Hall–Kier alpha value is 0.299. The van der Waals surface area contributed by atoms with E-state index in [1.165, 1.54) is 0 Å². The quantitative estimate of drug-likeness (QED) is 0.320. The van der Waals surface area contributed by atoms with Crippen LogP contribution in [-0.2, 0) is 32.7 Å². The summed E-state index contributed by atoms with van der Waals surface area (Å²) in [6, 6.07) is 0. The Morgan fingerprint density at radius 3 is 2.70 bits per heavy atom. The van der Waals surface area contributed by atoms with Gasteiger partial charge in [-0.2, -0.15) is 6.92 Å². The average molecular weight is 206 g/mol. The van der Waals surface area contributed by atoms with Gasteiger partial charge in [0.25, 0.3) is 0 Å². The summed E-state index contributed by atoms with van der Waals surface area (Å²) in [6.45, 7) is 6.94. The van der Waals surface area contributed by atoms with E-state index >= 15 is 0 Å². The van der Waals surface area contributed by atoms with Gasteiger partial charge in [-0.3, -0.25) is 0 Å². The molecule has 0 aliphatic carbocycles. The maximum absolute atomic E-state index is 3.25. The molecule has 0 bridgehead atoms. The van der Waals surface area contributed by atoms with Crippen molar-refractivity contribution in [3.63, 3.8) is 0 Å². The maximum atomic E-state index is 3.25. The van der Waals surface area contributed by atoms with Gasteiger partial charge in [0.1, 0.15) is 0 Å². The molecule has 1 rings (SSSR count). The number of hydrogen-bond acceptors (Lipinski definition) is 0. The topological polar surface area (TPSA) is 0 Å². The van der Waals surface area contributed by atoms with Crippen LogP contribution in [0.25, 0.3) is 0 Å². The van der Waals surface area contributed by atoms with Gasteiger partial charge in [0.15, 0.2) is 0 Å². The predicted molar refractivity (Wildman–Crippen MR) is 44.6 cm³/mol. The van der Waals surface area contributed by atoms with Crippen molar-refractivity contribution in [2.24, 2.45) is 0 Å². The average Bonchev–Trinajstić information content (AvgIpc) is 2.21. The normalized spacial score (nSPS) is 10.2. The Morgan fingerprint density at radius 1 is 1.30 bits per heavy atom. The fourth-order valence-corrected chi connectivity index (χ4v) is 0.406. The molecule has 10 heavy (non-hydrogen) atoms. The van der Waals surface area contributed by atoms with Crippen LogP contribution >= 0.6 is 0 Å². The van der Waals surface area contributed by atoms with Crippen molar-refractivity contribution < 1.29 is 32.7 Å². The molecule has 0 fully saturated rings. The van der Waals surface area contributed by atoms with Crippen LogP contribution in [0.4, 0.5) is 0 Å². The molecule has 0 amide bonds. The summed E-state index contributed by atoms with van der Waals surface area (Å²) in [6.07, 6.45) is 5.79.